The van der Waals surface area contributed by atoms with Crippen molar-refractivity contribution in [2.75, 3.05) is 19.7 Å². The minimum atomic E-state index is -0.806. The third kappa shape index (κ3) is 4.57. The summed E-state index contributed by atoms with van der Waals surface area (Å²) in [6.45, 7) is 0.677. The Morgan fingerprint density at radius 3 is 2.68 bits per heavy atom. The van der Waals surface area contributed by atoms with Gasteiger partial charge < -0.3 is 9.84 Å². The number of benzene rings is 1. The van der Waals surface area contributed by atoms with E-state index in [-0.39, 0.29) is 29.2 Å². The van der Waals surface area contributed by atoms with Crippen molar-refractivity contribution in [1.29, 1.82) is 0 Å². The molecule has 0 saturated carbocycles. The van der Waals surface area contributed by atoms with Crippen LogP contribution in [0.3, 0.4) is 0 Å². The van der Waals surface area contributed by atoms with E-state index in [1.54, 1.807) is 5.01 Å². The average Bonchev–Trinajstić information content (AvgIpc) is 2.49. The number of nitrogens with zero attached hydrogens (tertiary/aromatic N) is 1. The van der Waals surface area contributed by atoms with Crippen LogP contribution in [0.25, 0.3) is 0 Å². The number of carbonyl (C=O) groups is 2. The molecule has 1 heterocycles. The molecular weight excluding hydrogens is 315 g/mol. The van der Waals surface area contributed by atoms with Crippen molar-refractivity contribution in [3.63, 3.8) is 0 Å². The fraction of sp³-hybridized carbons (Fsp3) is 0.429. The molecule has 22 heavy (non-hydrogen) atoms. The molecule has 1 aliphatic rings. The van der Waals surface area contributed by atoms with E-state index in [1.165, 1.54) is 12.1 Å². The van der Waals surface area contributed by atoms with Gasteiger partial charge in [-0.15, -0.1) is 0 Å². The maximum Gasteiger partial charge on any atom is 0.306 e. The van der Waals surface area contributed by atoms with Crippen molar-refractivity contribution in [2.24, 2.45) is 5.92 Å². The summed E-state index contributed by atoms with van der Waals surface area (Å²) in [4.78, 5) is 22.6. The zero-order valence-electron chi connectivity index (χ0n) is 11.7. The van der Waals surface area contributed by atoms with E-state index in [4.69, 9.17) is 21.4 Å². The quantitative estimate of drug-likeness (QED) is 0.859. The van der Waals surface area contributed by atoms with Crippen LogP contribution in [0.1, 0.15) is 12.8 Å². The molecule has 6 nitrogen and oxygen atoms in total. The van der Waals surface area contributed by atoms with Crippen LogP contribution in [0.5, 0.6) is 5.75 Å². The molecule has 1 saturated heterocycles. The van der Waals surface area contributed by atoms with E-state index in [1.807, 2.05) is 0 Å². The van der Waals surface area contributed by atoms with E-state index >= 15 is 0 Å². The molecule has 0 atom stereocenters. The molecule has 2 N–H and O–H groups in total. The molecule has 1 aromatic rings. The summed E-state index contributed by atoms with van der Waals surface area (Å²) in [6, 6.07) is 3.92. The number of ether oxygens (including phenoxy) is 1. The third-order valence-electron chi connectivity index (χ3n) is 3.39. The molecule has 120 valence electrons. The second-order valence-corrected chi connectivity index (χ2v) is 5.41. The first-order valence-corrected chi connectivity index (χ1v) is 7.18. The van der Waals surface area contributed by atoms with E-state index in [2.05, 4.69) is 5.43 Å². The van der Waals surface area contributed by atoms with Crippen LogP contribution in [-0.4, -0.2) is 41.7 Å². The first-order valence-electron chi connectivity index (χ1n) is 6.81. The van der Waals surface area contributed by atoms with Gasteiger partial charge in [0.05, 0.1) is 10.9 Å². The number of piperidine rings is 1. The van der Waals surface area contributed by atoms with Crippen LogP contribution >= 0.6 is 11.6 Å². The molecule has 0 aromatic heterocycles. The third-order valence-corrected chi connectivity index (χ3v) is 3.69. The lowest BCUT2D eigenvalue weighted by molar-refractivity contribution is -0.143. The Morgan fingerprint density at radius 1 is 1.41 bits per heavy atom. The highest BCUT2D eigenvalue weighted by Gasteiger charge is 2.25. The van der Waals surface area contributed by atoms with Gasteiger partial charge in [0.2, 0.25) is 0 Å². The first kappa shape index (κ1) is 16.5. The maximum atomic E-state index is 13.2. The van der Waals surface area contributed by atoms with Gasteiger partial charge in [0.25, 0.3) is 5.91 Å². The van der Waals surface area contributed by atoms with E-state index < -0.39 is 11.8 Å². The normalized spacial score (nSPS) is 16.3. The van der Waals surface area contributed by atoms with Gasteiger partial charge in [-0.3, -0.25) is 15.0 Å². The molecule has 2 rings (SSSR count). The van der Waals surface area contributed by atoms with Crippen molar-refractivity contribution in [3.8, 4) is 5.75 Å². The van der Waals surface area contributed by atoms with Gasteiger partial charge in [0.1, 0.15) is 11.6 Å². The van der Waals surface area contributed by atoms with Crippen molar-refractivity contribution >= 4 is 23.5 Å². The van der Waals surface area contributed by atoms with Crippen molar-refractivity contribution in [2.45, 2.75) is 12.8 Å². The Morgan fingerprint density at radius 2 is 2.09 bits per heavy atom. The lowest BCUT2D eigenvalue weighted by atomic mass is 9.98. The highest BCUT2D eigenvalue weighted by molar-refractivity contribution is 6.30. The van der Waals surface area contributed by atoms with Gasteiger partial charge >= 0.3 is 5.97 Å². The number of carboxylic acid groups (broad SMARTS) is 1. The van der Waals surface area contributed by atoms with Crippen LogP contribution in [0.2, 0.25) is 5.02 Å². The number of hydrogen-bond acceptors (Lipinski definition) is 4. The summed E-state index contributed by atoms with van der Waals surface area (Å²) in [5.74, 6) is -1.96. The number of halogens is 2. The van der Waals surface area contributed by atoms with Crippen molar-refractivity contribution < 1.29 is 23.8 Å². The summed E-state index contributed by atoms with van der Waals surface area (Å²) in [6.07, 6.45) is 0.970. The average molecular weight is 331 g/mol. The van der Waals surface area contributed by atoms with Crippen LogP contribution in [0.4, 0.5) is 4.39 Å². The Kier molecular flexibility index (Phi) is 5.57. The highest BCUT2D eigenvalue weighted by Crippen LogP contribution is 2.20. The lowest BCUT2D eigenvalue weighted by Gasteiger charge is -2.30. The Bertz CT molecular complexity index is 562. The number of nitrogens with one attached hydrogen (secondary N) is 1. The largest absolute Gasteiger partial charge is 0.484 e. The van der Waals surface area contributed by atoms with Gasteiger partial charge in [-0.1, -0.05) is 11.6 Å². The highest BCUT2D eigenvalue weighted by atomic mass is 35.5. The van der Waals surface area contributed by atoms with Gasteiger partial charge in [-0.2, -0.15) is 0 Å². The zero-order chi connectivity index (χ0) is 16.1. The fourth-order valence-electron chi connectivity index (χ4n) is 2.16. The van der Waals surface area contributed by atoms with Gasteiger partial charge in [-0.05, 0) is 25.0 Å². The summed E-state index contributed by atoms with van der Waals surface area (Å²) in [5.41, 5.74) is 2.63. The summed E-state index contributed by atoms with van der Waals surface area (Å²) in [5, 5.41) is 10.5. The topological polar surface area (TPSA) is 78.9 Å². The molecule has 1 amide bonds. The number of amides is 1. The molecule has 0 bridgehead atoms. The minimum absolute atomic E-state index is 0.0156. The van der Waals surface area contributed by atoms with Crippen LogP contribution in [0, 0.1) is 11.7 Å². The molecule has 1 aromatic carbocycles. The number of rotatable bonds is 5. The predicted octanol–water partition coefficient (Wildman–Crippen LogP) is 1.69. The Labute approximate surface area is 131 Å². The van der Waals surface area contributed by atoms with Gasteiger partial charge in [0, 0.05) is 19.2 Å². The fourth-order valence-corrected chi connectivity index (χ4v) is 2.28. The van der Waals surface area contributed by atoms with E-state index in [0.717, 1.165) is 6.07 Å². The summed E-state index contributed by atoms with van der Waals surface area (Å²) in [7, 11) is 0. The number of carboxylic acids is 1. The molecule has 0 unspecified atom stereocenters. The standard InChI is InChI=1S/C14H16ClFN2O4/c15-11-2-1-10(7-12(11)16)22-8-13(19)17-18-5-3-9(4-6-18)14(20)21/h1-2,7,9H,3-6,8H2,(H,17,19)(H,20,21). The second-order valence-electron chi connectivity index (χ2n) is 5.00. The summed E-state index contributed by atoms with van der Waals surface area (Å²) < 4.78 is 18.4. The Hall–Kier alpha value is -1.86. The summed E-state index contributed by atoms with van der Waals surface area (Å²) >= 11 is 5.55. The number of carbonyl (C=O) groups excluding carboxylic acids is 1. The minimum Gasteiger partial charge on any atom is -0.484 e. The lowest BCUT2D eigenvalue weighted by Crippen LogP contribution is -2.48. The smallest absolute Gasteiger partial charge is 0.306 e. The first-order chi connectivity index (χ1) is 10.5. The van der Waals surface area contributed by atoms with Crippen molar-refractivity contribution in [1.82, 2.24) is 10.4 Å². The SMILES string of the molecule is O=C(COc1ccc(Cl)c(F)c1)NN1CCC(C(=O)O)CC1. The molecule has 1 aliphatic heterocycles. The Balaban J connectivity index is 1.74. The van der Waals surface area contributed by atoms with Crippen LogP contribution in [0.15, 0.2) is 18.2 Å². The van der Waals surface area contributed by atoms with Crippen LogP contribution < -0.4 is 10.2 Å². The number of hydrazine groups is 1. The van der Waals surface area contributed by atoms with E-state index in [0.29, 0.717) is 25.9 Å². The predicted molar refractivity (Wildman–Crippen MR) is 77.0 cm³/mol. The molecular formula is C14H16ClFN2O4. The molecule has 0 aliphatic carbocycles. The van der Waals surface area contributed by atoms with Gasteiger partial charge in [-0.25, -0.2) is 9.40 Å². The maximum absolute atomic E-state index is 13.2. The van der Waals surface area contributed by atoms with Crippen molar-refractivity contribution in [3.05, 3.63) is 29.0 Å². The number of hydrogen-bond donors (Lipinski definition) is 2. The van der Waals surface area contributed by atoms with Crippen LogP contribution in [-0.2, 0) is 9.59 Å². The zero-order valence-corrected chi connectivity index (χ0v) is 12.5. The molecule has 0 spiro atoms. The van der Waals surface area contributed by atoms with Gasteiger partial charge in [0.15, 0.2) is 6.61 Å². The molecule has 1 fully saturated rings. The molecule has 0 radical (unpaired) electrons. The second kappa shape index (κ2) is 7.42. The number of aliphatic carboxylic acids is 1. The molecule has 8 heteroatoms. The van der Waals surface area contributed by atoms with E-state index in [9.17, 15) is 14.0 Å². The monoisotopic (exact) mass is 330 g/mol.